The van der Waals surface area contributed by atoms with Gasteiger partial charge in [-0.15, -0.1) is 0 Å². The fourth-order valence-electron chi connectivity index (χ4n) is 7.42. The normalized spacial score (nSPS) is 16.3. The molecule has 51 heavy (non-hydrogen) atoms. The lowest BCUT2D eigenvalue weighted by molar-refractivity contribution is -0.120. The van der Waals surface area contributed by atoms with Gasteiger partial charge in [-0.25, -0.2) is 9.97 Å². The molecule has 10 nitrogen and oxygen atoms in total. The van der Waals surface area contributed by atoms with Gasteiger partial charge in [0.25, 0.3) is 11.8 Å². The van der Waals surface area contributed by atoms with Crippen LogP contribution >= 0.6 is 0 Å². The predicted octanol–water partition coefficient (Wildman–Crippen LogP) is 5.31. The molecule has 0 radical (unpaired) electrons. The molecule has 2 fully saturated rings. The van der Waals surface area contributed by atoms with Crippen LogP contribution in [0.25, 0.3) is 0 Å². The first kappa shape index (κ1) is 35.7. The number of piperidine rings is 2. The van der Waals surface area contributed by atoms with Gasteiger partial charge in [-0.3, -0.25) is 19.3 Å². The van der Waals surface area contributed by atoms with Gasteiger partial charge in [-0.2, -0.15) is 0 Å². The van der Waals surface area contributed by atoms with E-state index in [0.29, 0.717) is 23.7 Å². The van der Waals surface area contributed by atoms with Gasteiger partial charge in [0.05, 0.1) is 23.5 Å². The van der Waals surface area contributed by atoms with Gasteiger partial charge < -0.3 is 20.4 Å². The minimum absolute atomic E-state index is 0.0450. The highest BCUT2D eigenvalue weighted by atomic mass is 16.2. The Morgan fingerprint density at radius 2 is 1.39 bits per heavy atom. The van der Waals surface area contributed by atoms with Crippen LogP contribution in [-0.4, -0.2) is 81.8 Å². The average molecular weight is 688 g/mol. The van der Waals surface area contributed by atoms with Gasteiger partial charge in [-0.1, -0.05) is 60.7 Å². The molecule has 0 aliphatic carbocycles. The van der Waals surface area contributed by atoms with E-state index in [1.807, 2.05) is 24.8 Å². The second-order valence-corrected chi connectivity index (χ2v) is 14.0. The highest BCUT2D eigenvalue weighted by Gasteiger charge is 2.39. The molecule has 0 saturated carbocycles. The number of nitrogens with one attached hydrogen (secondary N) is 2. The van der Waals surface area contributed by atoms with E-state index < -0.39 is 0 Å². The number of aryl methyl sites for hydroxylation is 2. The van der Waals surface area contributed by atoms with E-state index >= 15 is 0 Å². The van der Waals surface area contributed by atoms with E-state index in [2.05, 4.69) is 91.9 Å². The summed E-state index contributed by atoms with van der Waals surface area (Å²) in [6.45, 7) is 10.8. The molecular weight excluding hydrogens is 638 g/mol. The molecule has 2 N–H and O–H groups in total. The van der Waals surface area contributed by atoms with Crippen molar-refractivity contribution in [1.29, 1.82) is 0 Å². The number of likely N-dealkylation sites (tertiary alicyclic amines) is 2. The quantitative estimate of drug-likeness (QED) is 0.220. The lowest BCUT2D eigenvalue weighted by atomic mass is 9.85. The maximum Gasteiger partial charge on any atom is 0.257 e. The largest absolute Gasteiger partial charge is 0.364 e. The number of hydrogen-bond donors (Lipinski definition) is 2. The number of benzene rings is 3. The fraction of sp³-hybridized carbons (Fsp3) is 0.390. The first-order valence-electron chi connectivity index (χ1n) is 18.0. The molecule has 1 aromatic heterocycles. The van der Waals surface area contributed by atoms with Crippen LogP contribution in [0.15, 0.2) is 91.3 Å². The number of anilines is 1. The summed E-state index contributed by atoms with van der Waals surface area (Å²) in [4.78, 5) is 53.9. The molecule has 2 saturated heterocycles. The lowest BCUT2D eigenvalue weighted by Gasteiger charge is -2.50. The summed E-state index contributed by atoms with van der Waals surface area (Å²) in [5.41, 5.74) is 6.14. The molecule has 0 atom stereocenters. The summed E-state index contributed by atoms with van der Waals surface area (Å²) < 4.78 is 0. The van der Waals surface area contributed by atoms with Crippen molar-refractivity contribution in [2.24, 2.45) is 0 Å². The van der Waals surface area contributed by atoms with E-state index in [9.17, 15) is 14.4 Å². The third kappa shape index (κ3) is 8.80. The zero-order valence-corrected chi connectivity index (χ0v) is 30.0. The van der Waals surface area contributed by atoms with Gasteiger partial charge in [0.1, 0.15) is 6.33 Å². The number of nitrogens with zero attached hydrogens (tertiary/aromatic N) is 5. The molecular formula is C41H49N7O3. The minimum Gasteiger partial charge on any atom is -0.364 e. The second kappa shape index (κ2) is 16.3. The summed E-state index contributed by atoms with van der Waals surface area (Å²) in [6.07, 6.45) is 5.52. The van der Waals surface area contributed by atoms with E-state index in [1.165, 1.54) is 11.9 Å². The van der Waals surface area contributed by atoms with Crippen molar-refractivity contribution in [2.75, 3.05) is 37.6 Å². The van der Waals surface area contributed by atoms with Crippen molar-refractivity contribution >= 4 is 23.4 Å². The Hall–Kier alpha value is -5.09. The number of hydrogen-bond acceptors (Lipinski definition) is 7. The third-order valence-corrected chi connectivity index (χ3v) is 10.6. The minimum atomic E-state index is -0.268. The summed E-state index contributed by atoms with van der Waals surface area (Å²) in [5.74, 6) is -0.457. The van der Waals surface area contributed by atoms with E-state index in [4.69, 9.17) is 0 Å². The topological polar surface area (TPSA) is 111 Å². The summed E-state index contributed by atoms with van der Waals surface area (Å²) in [7, 11) is 0. The number of rotatable bonds is 11. The van der Waals surface area contributed by atoms with Crippen molar-refractivity contribution in [3.8, 4) is 0 Å². The highest BCUT2D eigenvalue weighted by molar-refractivity contribution is 5.97. The van der Waals surface area contributed by atoms with Crippen molar-refractivity contribution in [2.45, 2.75) is 71.1 Å². The van der Waals surface area contributed by atoms with Gasteiger partial charge in [0.2, 0.25) is 5.91 Å². The number of amides is 3. The average Bonchev–Trinajstić information content (AvgIpc) is 3.16. The van der Waals surface area contributed by atoms with Gasteiger partial charge in [0.15, 0.2) is 0 Å². The number of carbonyl (C=O) groups excluding carboxylic acids is 3. The zero-order chi connectivity index (χ0) is 35.8. The van der Waals surface area contributed by atoms with Gasteiger partial charge in [0, 0.05) is 62.1 Å². The Morgan fingerprint density at radius 1 is 0.784 bits per heavy atom. The van der Waals surface area contributed by atoms with Crippen LogP contribution in [0.2, 0.25) is 0 Å². The molecule has 266 valence electrons. The first-order chi connectivity index (χ1) is 24.7. The second-order valence-electron chi connectivity index (χ2n) is 14.0. The van der Waals surface area contributed by atoms with Crippen LogP contribution < -0.4 is 15.5 Å². The summed E-state index contributed by atoms with van der Waals surface area (Å²) >= 11 is 0. The Labute approximate surface area is 301 Å². The monoisotopic (exact) mass is 687 g/mol. The van der Waals surface area contributed by atoms with E-state index in [0.717, 1.165) is 81.0 Å². The van der Waals surface area contributed by atoms with Crippen molar-refractivity contribution < 1.29 is 14.4 Å². The molecule has 3 heterocycles. The fourth-order valence-corrected chi connectivity index (χ4v) is 7.42. The molecule has 4 aromatic rings. The maximum atomic E-state index is 13.4. The number of carbonyl (C=O) groups is 3. The molecule has 0 bridgehead atoms. The van der Waals surface area contributed by atoms with Crippen molar-refractivity contribution in [3.05, 3.63) is 125 Å². The SMILES string of the molecule is Cc1ncnc(C)c1C(=O)N1CCC(C)(N2CCC(N(Cc3ccccc3)c3ccc(CNC(=O)CNC(=O)c4ccccc4)cc3)CC2)CC1. The number of aromatic nitrogens is 2. The Kier molecular flexibility index (Phi) is 11.4. The van der Waals surface area contributed by atoms with Crippen molar-refractivity contribution in [3.63, 3.8) is 0 Å². The standard InChI is InChI=1S/C41H49N7O3/c1-30-38(31(2)45-29-44-30)40(51)46-24-20-41(3,21-25-46)47-22-18-36(19-23-47)48(28-33-10-6-4-7-11-33)35-16-14-32(15-17-35)26-42-37(49)27-43-39(50)34-12-8-5-9-13-34/h4-17,29,36H,18-28H2,1-3H3,(H,42,49)(H,43,50). The predicted molar refractivity (Wildman–Crippen MR) is 199 cm³/mol. The maximum absolute atomic E-state index is 13.4. The molecule has 3 amide bonds. The Balaban J connectivity index is 1.04. The molecule has 2 aliphatic rings. The van der Waals surface area contributed by atoms with Crippen LogP contribution in [0, 0.1) is 13.8 Å². The smallest absolute Gasteiger partial charge is 0.257 e. The summed E-state index contributed by atoms with van der Waals surface area (Å²) in [6, 6.07) is 28.3. The van der Waals surface area contributed by atoms with E-state index in [1.54, 1.807) is 24.3 Å². The molecule has 0 spiro atoms. The van der Waals surface area contributed by atoms with Crippen LogP contribution in [0.3, 0.4) is 0 Å². The molecule has 2 aliphatic heterocycles. The molecule has 0 unspecified atom stereocenters. The first-order valence-corrected chi connectivity index (χ1v) is 18.0. The summed E-state index contributed by atoms with van der Waals surface area (Å²) in [5, 5.41) is 5.60. The lowest BCUT2D eigenvalue weighted by Crippen LogP contribution is -2.58. The van der Waals surface area contributed by atoms with E-state index in [-0.39, 0.29) is 29.8 Å². The molecule has 3 aromatic carbocycles. The zero-order valence-electron chi connectivity index (χ0n) is 30.0. The molecule has 6 rings (SSSR count). The van der Waals surface area contributed by atoms with Gasteiger partial charge >= 0.3 is 0 Å². The third-order valence-electron chi connectivity index (χ3n) is 10.6. The van der Waals surface area contributed by atoms with Crippen LogP contribution in [0.4, 0.5) is 5.69 Å². The van der Waals surface area contributed by atoms with Crippen LogP contribution in [0.5, 0.6) is 0 Å². The van der Waals surface area contributed by atoms with Crippen molar-refractivity contribution in [1.82, 2.24) is 30.4 Å². The van der Waals surface area contributed by atoms with Gasteiger partial charge in [-0.05, 0) is 81.8 Å². The van der Waals surface area contributed by atoms with Crippen LogP contribution in [-0.2, 0) is 17.9 Å². The highest BCUT2D eigenvalue weighted by Crippen LogP contribution is 2.34. The Bertz CT molecular complexity index is 1760. The Morgan fingerprint density at radius 3 is 2.02 bits per heavy atom. The van der Waals surface area contributed by atoms with Crippen LogP contribution in [0.1, 0.15) is 75.8 Å². The molecule has 10 heteroatoms.